The molecule has 0 aromatic heterocycles. The largest absolute Gasteiger partial charge is 0.389 e. The van der Waals surface area contributed by atoms with Crippen molar-refractivity contribution < 1.29 is 4.39 Å². The number of anilines is 1. The van der Waals surface area contributed by atoms with E-state index in [-0.39, 0.29) is 16.8 Å². The minimum Gasteiger partial charge on any atom is -0.389 e. The minimum absolute atomic E-state index is 0.204. The molecule has 0 atom stereocenters. The average Bonchev–Trinajstić information content (AvgIpc) is 3.13. The normalized spacial score (nSPS) is 14.8. The Morgan fingerprint density at radius 1 is 1.53 bits per heavy atom. The molecule has 0 spiro atoms. The number of benzene rings is 1. The lowest BCUT2D eigenvalue weighted by Gasteiger charge is -2.30. The Morgan fingerprint density at radius 2 is 2.16 bits per heavy atom. The van der Waals surface area contributed by atoms with Gasteiger partial charge in [-0.3, -0.25) is 0 Å². The van der Waals surface area contributed by atoms with E-state index >= 15 is 0 Å². The first-order valence-electron chi connectivity index (χ1n) is 6.46. The van der Waals surface area contributed by atoms with Crippen molar-refractivity contribution in [2.24, 2.45) is 11.7 Å². The van der Waals surface area contributed by atoms with Crippen molar-refractivity contribution >= 4 is 38.8 Å². The molecule has 104 valence electrons. The smallest absolute Gasteiger partial charge is 0.161 e. The van der Waals surface area contributed by atoms with Crippen LogP contribution in [0.15, 0.2) is 16.6 Å². The van der Waals surface area contributed by atoms with Crippen LogP contribution < -0.4 is 10.6 Å². The van der Waals surface area contributed by atoms with Crippen LogP contribution in [0.2, 0.25) is 0 Å². The number of rotatable bonds is 5. The Morgan fingerprint density at radius 3 is 2.63 bits per heavy atom. The van der Waals surface area contributed by atoms with Crippen LogP contribution in [-0.2, 0) is 0 Å². The topological polar surface area (TPSA) is 29.3 Å². The maximum absolute atomic E-state index is 14.5. The number of hydrogen-bond acceptors (Lipinski definition) is 2. The first kappa shape index (κ1) is 14.7. The van der Waals surface area contributed by atoms with E-state index in [2.05, 4.69) is 34.7 Å². The molecule has 19 heavy (non-hydrogen) atoms. The van der Waals surface area contributed by atoms with Crippen molar-refractivity contribution in [1.29, 1.82) is 0 Å². The summed E-state index contributed by atoms with van der Waals surface area (Å²) in [7, 11) is 0. The number of hydrogen-bond donors (Lipinski definition) is 1. The Balaban J connectivity index is 2.36. The highest BCUT2D eigenvalue weighted by molar-refractivity contribution is 9.10. The third-order valence-corrected chi connectivity index (χ3v) is 4.41. The molecule has 0 amide bonds. The Labute approximate surface area is 127 Å². The van der Waals surface area contributed by atoms with Gasteiger partial charge in [-0.15, -0.1) is 0 Å². The van der Waals surface area contributed by atoms with Crippen molar-refractivity contribution in [1.82, 2.24) is 0 Å². The van der Waals surface area contributed by atoms with Crippen LogP contribution in [0, 0.1) is 11.7 Å². The molecule has 0 saturated heterocycles. The summed E-state index contributed by atoms with van der Waals surface area (Å²) in [5.41, 5.74) is 6.75. The van der Waals surface area contributed by atoms with Gasteiger partial charge in [0.1, 0.15) is 4.99 Å². The quantitative estimate of drug-likeness (QED) is 0.822. The van der Waals surface area contributed by atoms with E-state index in [1.165, 1.54) is 12.8 Å². The molecular weight excluding hydrogens is 327 g/mol. The van der Waals surface area contributed by atoms with E-state index in [4.69, 9.17) is 18.0 Å². The van der Waals surface area contributed by atoms with Gasteiger partial charge in [-0.2, -0.15) is 0 Å². The first-order chi connectivity index (χ1) is 8.91. The van der Waals surface area contributed by atoms with Crippen molar-refractivity contribution in [2.45, 2.75) is 32.7 Å². The van der Waals surface area contributed by atoms with E-state index < -0.39 is 0 Å². The van der Waals surface area contributed by atoms with Gasteiger partial charge in [0.2, 0.25) is 0 Å². The van der Waals surface area contributed by atoms with Gasteiger partial charge < -0.3 is 10.6 Å². The van der Waals surface area contributed by atoms with Crippen LogP contribution in [0.3, 0.4) is 0 Å². The molecule has 1 aliphatic carbocycles. The van der Waals surface area contributed by atoms with E-state index in [0.717, 1.165) is 6.54 Å². The molecule has 0 radical (unpaired) electrons. The minimum atomic E-state index is -0.278. The maximum atomic E-state index is 14.5. The van der Waals surface area contributed by atoms with Gasteiger partial charge in [0, 0.05) is 18.2 Å². The molecule has 1 fully saturated rings. The lowest BCUT2D eigenvalue weighted by atomic mass is 10.1. The third-order valence-electron chi connectivity index (χ3n) is 3.41. The third kappa shape index (κ3) is 3.26. The van der Waals surface area contributed by atoms with Crippen molar-refractivity contribution in [3.63, 3.8) is 0 Å². The zero-order valence-corrected chi connectivity index (χ0v) is 13.5. The van der Waals surface area contributed by atoms with Crippen LogP contribution in [-0.4, -0.2) is 17.6 Å². The van der Waals surface area contributed by atoms with E-state index in [1.807, 2.05) is 0 Å². The molecule has 5 heteroatoms. The zero-order valence-electron chi connectivity index (χ0n) is 11.1. The fourth-order valence-electron chi connectivity index (χ4n) is 2.12. The summed E-state index contributed by atoms with van der Waals surface area (Å²) in [6.07, 6.45) is 2.49. The van der Waals surface area contributed by atoms with Crippen LogP contribution in [0.4, 0.5) is 10.1 Å². The second-order valence-electron chi connectivity index (χ2n) is 5.31. The van der Waals surface area contributed by atoms with Gasteiger partial charge in [0.05, 0.1) is 10.2 Å². The average molecular weight is 345 g/mol. The van der Waals surface area contributed by atoms with Gasteiger partial charge in [0.15, 0.2) is 5.82 Å². The van der Waals surface area contributed by atoms with Crippen molar-refractivity contribution in [2.75, 3.05) is 11.4 Å². The second-order valence-corrected chi connectivity index (χ2v) is 6.55. The molecule has 1 aromatic rings. The lowest BCUT2D eigenvalue weighted by Crippen LogP contribution is -2.33. The summed E-state index contributed by atoms with van der Waals surface area (Å²) >= 11 is 8.18. The second kappa shape index (κ2) is 5.75. The number of halogens is 2. The van der Waals surface area contributed by atoms with Crippen LogP contribution in [0.1, 0.15) is 32.3 Å². The van der Waals surface area contributed by atoms with Crippen molar-refractivity contribution in [3.8, 4) is 0 Å². The highest BCUT2D eigenvalue weighted by Crippen LogP contribution is 2.35. The summed E-state index contributed by atoms with van der Waals surface area (Å²) in [6, 6.07) is 3.82. The molecule has 0 aliphatic heterocycles. The zero-order chi connectivity index (χ0) is 14.2. The predicted molar refractivity (Wildman–Crippen MR) is 85.2 cm³/mol. The molecule has 2 nitrogen and oxygen atoms in total. The highest BCUT2D eigenvalue weighted by atomic mass is 79.9. The fourth-order valence-corrected chi connectivity index (χ4v) is 2.97. The molecule has 2 rings (SSSR count). The standard InChI is InChI=1S/C14H18BrFN2S/c1-8(2)18(7-9-3-4-9)11-6-5-10(14(17)19)12(15)13(11)16/h5-6,8-9H,3-4,7H2,1-2H3,(H2,17,19). The van der Waals surface area contributed by atoms with Gasteiger partial charge in [0.25, 0.3) is 0 Å². The summed E-state index contributed by atoms with van der Waals surface area (Å²) in [6.45, 7) is 5.07. The predicted octanol–water partition coefficient (Wildman–Crippen LogP) is 3.85. The summed E-state index contributed by atoms with van der Waals surface area (Å²) in [5, 5.41) is 0. The molecule has 1 aromatic carbocycles. The van der Waals surface area contributed by atoms with Crippen LogP contribution >= 0.6 is 28.1 Å². The summed E-state index contributed by atoms with van der Waals surface area (Å²) in [4.78, 5) is 2.32. The van der Waals surface area contributed by atoms with Crippen LogP contribution in [0.25, 0.3) is 0 Å². The summed E-state index contributed by atoms with van der Waals surface area (Å²) in [5.74, 6) is 0.426. The van der Waals surface area contributed by atoms with Gasteiger partial charge >= 0.3 is 0 Å². The molecule has 2 N–H and O–H groups in total. The molecule has 0 heterocycles. The SMILES string of the molecule is CC(C)N(CC1CC1)c1ccc(C(N)=S)c(Br)c1F. The van der Waals surface area contributed by atoms with Crippen LogP contribution in [0.5, 0.6) is 0 Å². The fraction of sp³-hybridized carbons (Fsp3) is 0.500. The van der Waals surface area contributed by atoms with Crippen molar-refractivity contribution in [3.05, 3.63) is 28.0 Å². The number of nitrogens with zero attached hydrogens (tertiary/aromatic N) is 1. The van der Waals surface area contributed by atoms with E-state index in [9.17, 15) is 4.39 Å². The Kier molecular flexibility index (Phi) is 4.46. The highest BCUT2D eigenvalue weighted by Gasteiger charge is 2.27. The summed E-state index contributed by atoms with van der Waals surface area (Å²) < 4.78 is 14.9. The maximum Gasteiger partial charge on any atom is 0.161 e. The number of thiocarbonyl (C=S) groups is 1. The molecule has 1 saturated carbocycles. The molecule has 0 bridgehead atoms. The first-order valence-corrected chi connectivity index (χ1v) is 7.66. The van der Waals surface area contributed by atoms with E-state index in [0.29, 0.717) is 21.6 Å². The molecular formula is C14H18BrFN2S. The lowest BCUT2D eigenvalue weighted by molar-refractivity contribution is 0.584. The number of nitrogens with two attached hydrogens (primary N) is 1. The van der Waals surface area contributed by atoms with Gasteiger partial charge in [-0.25, -0.2) is 4.39 Å². The van der Waals surface area contributed by atoms with Gasteiger partial charge in [-0.05, 0) is 60.7 Å². The molecule has 1 aliphatic rings. The van der Waals surface area contributed by atoms with Gasteiger partial charge in [-0.1, -0.05) is 12.2 Å². The Hall–Kier alpha value is -0.680. The Bertz CT molecular complexity index is 500. The monoisotopic (exact) mass is 344 g/mol. The van der Waals surface area contributed by atoms with E-state index in [1.54, 1.807) is 12.1 Å². The molecule has 0 unspecified atom stereocenters.